The van der Waals surface area contributed by atoms with E-state index in [4.69, 9.17) is 0 Å². The molecule has 3 rings (SSSR count). The first-order valence-electron chi connectivity index (χ1n) is 7.77. The van der Waals surface area contributed by atoms with Gasteiger partial charge in [0.15, 0.2) is 0 Å². The van der Waals surface area contributed by atoms with Gasteiger partial charge in [-0.25, -0.2) is 0 Å². The van der Waals surface area contributed by atoms with E-state index in [0.717, 1.165) is 13.0 Å². The summed E-state index contributed by atoms with van der Waals surface area (Å²) in [5.74, 6) is 0. The highest BCUT2D eigenvalue weighted by molar-refractivity contribution is 9.10. The molecule has 1 atom stereocenters. The summed E-state index contributed by atoms with van der Waals surface area (Å²) < 4.78 is 1.26. The molecule has 21 heavy (non-hydrogen) atoms. The SMILES string of the molecule is CCNC(Cc1sccc1Br)C1(c2ccccc2)CCC1. The second kappa shape index (κ2) is 6.64. The van der Waals surface area contributed by atoms with Gasteiger partial charge < -0.3 is 5.32 Å². The van der Waals surface area contributed by atoms with Crippen LogP contribution in [0.4, 0.5) is 0 Å². The zero-order chi connectivity index (χ0) is 14.7. The zero-order valence-corrected chi connectivity index (χ0v) is 14.8. The first-order chi connectivity index (χ1) is 10.3. The standard InChI is InChI=1S/C18H22BrNS/c1-2-20-17(13-16-15(19)9-12-21-16)18(10-6-11-18)14-7-4-3-5-8-14/h3-5,7-9,12,17,20H,2,6,10-11,13H2,1H3. The first-order valence-corrected chi connectivity index (χ1v) is 9.44. The highest BCUT2D eigenvalue weighted by Gasteiger charge is 2.45. The summed E-state index contributed by atoms with van der Waals surface area (Å²) >= 11 is 5.55. The number of hydrogen-bond donors (Lipinski definition) is 1. The summed E-state index contributed by atoms with van der Waals surface area (Å²) in [6.07, 6.45) is 5.07. The molecule has 0 spiro atoms. The van der Waals surface area contributed by atoms with Gasteiger partial charge in [0.05, 0.1) is 0 Å². The van der Waals surface area contributed by atoms with E-state index in [1.807, 2.05) is 11.3 Å². The van der Waals surface area contributed by atoms with Gasteiger partial charge in [-0.1, -0.05) is 43.7 Å². The van der Waals surface area contributed by atoms with Crippen LogP contribution < -0.4 is 5.32 Å². The number of hydrogen-bond acceptors (Lipinski definition) is 2. The van der Waals surface area contributed by atoms with Crippen molar-refractivity contribution in [3.8, 4) is 0 Å². The third-order valence-corrected chi connectivity index (χ3v) is 6.74. The lowest BCUT2D eigenvalue weighted by molar-refractivity contribution is 0.169. The third-order valence-electron chi connectivity index (χ3n) is 4.79. The lowest BCUT2D eigenvalue weighted by atomic mass is 9.59. The van der Waals surface area contributed by atoms with Gasteiger partial charge in [-0.15, -0.1) is 11.3 Å². The van der Waals surface area contributed by atoms with Gasteiger partial charge in [-0.05, 0) is 58.7 Å². The Labute approximate surface area is 139 Å². The summed E-state index contributed by atoms with van der Waals surface area (Å²) in [5.41, 5.74) is 1.83. The number of likely N-dealkylation sites (N-methyl/N-ethyl adjacent to an activating group) is 1. The average Bonchev–Trinajstić information content (AvgIpc) is 2.85. The molecule has 1 aliphatic rings. The fourth-order valence-corrected chi connectivity index (χ4v) is 5.09. The number of benzene rings is 1. The molecule has 1 aromatic heterocycles. The van der Waals surface area contributed by atoms with E-state index >= 15 is 0 Å². The van der Waals surface area contributed by atoms with Gasteiger partial charge in [0.2, 0.25) is 0 Å². The lowest BCUT2D eigenvalue weighted by Gasteiger charge is -2.49. The van der Waals surface area contributed by atoms with Gasteiger partial charge in [0.25, 0.3) is 0 Å². The Bertz CT molecular complexity index is 574. The summed E-state index contributed by atoms with van der Waals surface area (Å²) in [6, 6.07) is 13.8. The second-order valence-corrected chi connectivity index (χ2v) is 7.74. The van der Waals surface area contributed by atoms with Crippen LogP contribution in [-0.4, -0.2) is 12.6 Å². The second-order valence-electron chi connectivity index (χ2n) is 5.88. The van der Waals surface area contributed by atoms with E-state index in [1.165, 1.54) is 34.2 Å². The maximum atomic E-state index is 3.78. The summed E-state index contributed by atoms with van der Waals surface area (Å²) in [7, 11) is 0. The molecule has 3 heteroatoms. The Morgan fingerprint density at radius 3 is 2.52 bits per heavy atom. The Kier molecular flexibility index (Phi) is 4.82. The van der Waals surface area contributed by atoms with Crippen molar-refractivity contribution in [2.24, 2.45) is 0 Å². The Morgan fingerprint density at radius 1 is 1.24 bits per heavy atom. The largest absolute Gasteiger partial charge is 0.313 e. The maximum Gasteiger partial charge on any atom is 0.0314 e. The molecule has 0 saturated heterocycles. The van der Waals surface area contributed by atoms with E-state index in [-0.39, 0.29) is 0 Å². The average molecular weight is 364 g/mol. The molecule has 0 radical (unpaired) electrons. The molecule has 1 fully saturated rings. The van der Waals surface area contributed by atoms with Crippen molar-refractivity contribution in [3.05, 3.63) is 56.7 Å². The van der Waals surface area contributed by atoms with Crippen LogP contribution in [-0.2, 0) is 11.8 Å². The molecule has 0 aliphatic heterocycles. The summed E-state index contributed by atoms with van der Waals surface area (Å²) in [5, 5.41) is 5.95. The fourth-order valence-electron chi connectivity index (χ4n) is 3.53. The van der Waals surface area contributed by atoms with Crippen molar-refractivity contribution >= 4 is 27.3 Å². The maximum absolute atomic E-state index is 3.78. The van der Waals surface area contributed by atoms with Crippen molar-refractivity contribution in [2.75, 3.05) is 6.54 Å². The van der Waals surface area contributed by atoms with E-state index in [1.54, 1.807) is 0 Å². The molecule has 1 aromatic carbocycles. The lowest BCUT2D eigenvalue weighted by Crippen LogP contribution is -2.53. The molecule has 1 N–H and O–H groups in total. The molecule has 1 aliphatic carbocycles. The number of rotatable bonds is 6. The monoisotopic (exact) mass is 363 g/mol. The van der Waals surface area contributed by atoms with Crippen LogP contribution >= 0.6 is 27.3 Å². The molecule has 2 aromatic rings. The van der Waals surface area contributed by atoms with Gasteiger partial charge in [0, 0.05) is 20.8 Å². The predicted octanol–water partition coefficient (Wildman–Crippen LogP) is 5.15. The Morgan fingerprint density at radius 2 is 2.00 bits per heavy atom. The first kappa shape index (κ1) is 15.3. The molecular formula is C18H22BrNS. The topological polar surface area (TPSA) is 12.0 Å². The molecule has 0 amide bonds. The smallest absolute Gasteiger partial charge is 0.0314 e. The molecule has 1 nitrogen and oxygen atoms in total. The van der Waals surface area contributed by atoms with Gasteiger partial charge >= 0.3 is 0 Å². The Hall–Kier alpha value is -0.640. The minimum Gasteiger partial charge on any atom is -0.313 e. The van der Waals surface area contributed by atoms with E-state index in [0.29, 0.717) is 11.5 Å². The van der Waals surface area contributed by atoms with Crippen LogP contribution in [0.15, 0.2) is 46.3 Å². The van der Waals surface area contributed by atoms with Crippen molar-refractivity contribution in [1.29, 1.82) is 0 Å². The number of thiophene rings is 1. The molecule has 1 heterocycles. The van der Waals surface area contributed by atoms with Gasteiger partial charge in [-0.2, -0.15) is 0 Å². The van der Waals surface area contributed by atoms with Crippen LogP contribution in [0.5, 0.6) is 0 Å². The molecular weight excluding hydrogens is 342 g/mol. The number of nitrogens with one attached hydrogen (secondary N) is 1. The normalized spacial score (nSPS) is 18.2. The zero-order valence-electron chi connectivity index (χ0n) is 12.4. The highest BCUT2D eigenvalue weighted by Crippen LogP contribution is 2.47. The van der Waals surface area contributed by atoms with Crippen LogP contribution in [0, 0.1) is 0 Å². The predicted molar refractivity (Wildman–Crippen MR) is 95.2 cm³/mol. The third kappa shape index (κ3) is 2.96. The van der Waals surface area contributed by atoms with E-state index < -0.39 is 0 Å². The van der Waals surface area contributed by atoms with Gasteiger partial charge in [-0.3, -0.25) is 0 Å². The quantitative estimate of drug-likeness (QED) is 0.747. The minimum absolute atomic E-state index is 0.320. The van der Waals surface area contributed by atoms with E-state index in [9.17, 15) is 0 Å². The van der Waals surface area contributed by atoms with Crippen molar-refractivity contribution in [1.82, 2.24) is 5.32 Å². The van der Waals surface area contributed by atoms with Crippen molar-refractivity contribution < 1.29 is 0 Å². The summed E-state index contributed by atoms with van der Waals surface area (Å²) in [4.78, 5) is 1.46. The van der Waals surface area contributed by atoms with Crippen molar-refractivity contribution in [2.45, 2.75) is 44.1 Å². The van der Waals surface area contributed by atoms with Crippen molar-refractivity contribution in [3.63, 3.8) is 0 Å². The fraction of sp³-hybridized carbons (Fsp3) is 0.444. The van der Waals surface area contributed by atoms with Crippen LogP contribution in [0.2, 0.25) is 0 Å². The molecule has 0 bridgehead atoms. The summed E-state index contributed by atoms with van der Waals surface area (Å²) in [6.45, 7) is 3.25. The van der Waals surface area contributed by atoms with E-state index in [2.05, 4.69) is 69.9 Å². The van der Waals surface area contributed by atoms with Crippen LogP contribution in [0.3, 0.4) is 0 Å². The Balaban J connectivity index is 1.90. The van der Waals surface area contributed by atoms with Crippen LogP contribution in [0.25, 0.3) is 0 Å². The highest BCUT2D eigenvalue weighted by atomic mass is 79.9. The number of halogens is 1. The minimum atomic E-state index is 0.320. The molecule has 1 unspecified atom stereocenters. The molecule has 1 saturated carbocycles. The van der Waals surface area contributed by atoms with Crippen LogP contribution in [0.1, 0.15) is 36.6 Å². The van der Waals surface area contributed by atoms with Gasteiger partial charge in [0.1, 0.15) is 0 Å². The molecule has 112 valence electrons.